The van der Waals surface area contributed by atoms with E-state index < -0.39 is 17.9 Å². The topological polar surface area (TPSA) is 93.1 Å². The number of carbonyl (C=O) groups is 2. The maximum absolute atomic E-state index is 11.2. The summed E-state index contributed by atoms with van der Waals surface area (Å²) in [7, 11) is 0. The summed E-state index contributed by atoms with van der Waals surface area (Å²) in [6.07, 6.45) is 4.43. The zero-order chi connectivity index (χ0) is 13.1. The lowest BCUT2D eigenvalue weighted by molar-refractivity contribution is -0.240. The minimum Gasteiger partial charge on any atom is -0.301 e. The van der Waals surface area contributed by atoms with Gasteiger partial charge in [0.1, 0.15) is 0 Å². The van der Waals surface area contributed by atoms with E-state index in [4.69, 9.17) is 10.5 Å². The summed E-state index contributed by atoms with van der Waals surface area (Å²) >= 11 is 0. The van der Waals surface area contributed by atoms with Crippen molar-refractivity contribution in [2.45, 2.75) is 51.9 Å². The van der Waals surface area contributed by atoms with Gasteiger partial charge in [0.15, 0.2) is 0 Å². The molecule has 2 N–H and O–H groups in total. The van der Waals surface area contributed by atoms with Crippen LogP contribution >= 0.6 is 0 Å². The summed E-state index contributed by atoms with van der Waals surface area (Å²) < 4.78 is 0. The van der Waals surface area contributed by atoms with Gasteiger partial charge in [-0.15, -0.1) is 0 Å². The molecule has 0 rings (SSSR count). The van der Waals surface area contributed by atoms with Gasteiger partial charge in [-0.25, -0.2) is 9.59 Å². The minimum atomic E-state index is -0.727. The molecule has 0 aliphatic rings. The van der Waals surface area contributed by atoms with E-state index in [0.29, 0.717) is 19.3 Å². The van der Waals surface area contributed by atoms with Crippen molar-refractivity contribution in [3.05, 3.63) is 0 Å². The first-order valence-electron chi connectivity index (χ1n) is 5.85. The molecule has 100 valence electrons. The van der Waals surface area contributed by atoms with Gasteiger partial charge in [0.2, 0.25) is 0 Å². The Balaban J connectivity index is 3.93. The van der Waals surface area contributed by atoms with Crippen LogP contribution in [0.2, 0.25) is 0 Å². The van der Waals surface area contributed by atoms with E-state index in [1.807, 2.05) is 0 Å². The molecule has 0 aliphatic heterocycles. The van der Waals surface area contributed by atoms with E-state index in [0.717, 1.165) is 19.3 Å². The van der Waals surface area contributed by atoms with Crippen LogP contribution in [-0.4, -0.2) is 22.5 Å². The van der Waals surface area contributed by atoms with Crippen molar-refractivity contribution in [3.63, 3.8) is 0 Å². The molecule has 0 fully saturated rings. The standard InChI is InChI=1S/C11H20O6/c1-2-3-4-6-9(11(13)17-15)7-5-8-10(12)16-14/h9,14-15H,2-8H2,1H3. The molecule has 0 bridgehead atoms. The fourth-order valence-corrected chi connectivity index (χ4v) is 1.63. The molecule has 0 aliphatic carbocycles. The maximum Gasteiger partial charge on any atom is 0.345 e. The minimum absolute atomic E-state index is 0.0412. The van der Waals surface area contributed by atoms with Crippen LogP contribution in [0.1, 0.15) is 51.9 Å². The number of unbranched alkanes of at least 4 members (excludes halogenated alkanes) is 2. The molecule has 0 saturated carbocycles. The number of carbonyl (C=O) groups excluding carboxylic acids is 2. The number of rotatable bonds is 9. The van der Waals surface area contributed by atoms with Gasteiger partial charge in [-0.1, -0.05) is 26.2 Å². The van der Waals surface area contributed by atoms with Crippen molar-refractivity contribution in [1.82, 2.24) is 0 Å². The van der Waals surface area contributed by atoms with E-state index in [1.165, 1.54) is 0 Å². The lowest BCUT2D eigenvalue weighted by atomic mass is 9.95. The highest BCUT2D eigenvalue weighted by atomic mass is 17.1. The average Bonchev–Trinajstić information content (AvgIpc) is 2.35. The SMILES string of the molecule is CCCCCC(CCCC(=O)OO)C(=O)OO. The zero-order valence-electron chi connectivity index (χ0n) is 10.1. The van der Waals surface area contributed by atoms with Gasteiger partial charge in [-0.2, -0.15) is 10.5 Å². The van der Waals surface area contributed by atoms with E-state index >= 15 is 0 Å². The van der Waals surface area contributed by atoms with E-state index in [9.17, 15) is 9.59 Å². The maximum atomic E-state index is 11.2. The van der Waals surface area contributed by atoms with Crippen molar-refractivity contribution in [2.75, 3.05) is 0 Å². The Hall–Kier alpha value is -1.14. The van der Waals surface area contributed by atoms with Crippen molar-refractivity contribution in [1.29, 1.82) is 0 Å². The lowest BCUT2D eigenvalue weighted by Crippen LogP contribution is -2.17. The molecule has 1 unspecified atom stereocenters. The largest absolute Gasteiger partial charge is 0.345 e. The normalized spacial score (nSPS) is 11.9. The highest BCUT2D eigenvalue weighted by Gasteiger charge is 2.20. The van der Waals surface area contributed by atoms with Gasteiger partial charge in [-0.3, -0.25) is 0 Å². The summed E-state index contributed by atoms with van der Waals surface area (Å²) in [6.45, 7) is 2.05. The summed E-state index contributed by atoms with van der Waals surface area (Å²) in [6, 6.07) is 0. The second kappa shape index (κ2) is 10.0. The molecule has 0 amide bonds. The Morgan fingerprint density at radius 1 is 1.06 bits per heavy atom. The third-order valence-electron chi connectivity index (χ3n) is 2.61. The second-order valence-electron chi connectivity index (χ2n) is 3.96. The summed E-state index contributed by atoms with van der Waals surface area (Å²) in [5.74, 6) is -1.80. The molecule has 0 radical (unpaired) electrons. The molecule has 0 spiro atoms. The predicted octanol–water partition coefficient (Wildman–Crippen LogP) is 2.39. The highest BCUT2D eigenvalue weighted by Crippen LogP contribution is 2.18. The average molecular weight is 248 g/mol. The Morgan fingerprint density at radius 2 is 1.71 bits per heavy atom. The zero-order valence-corrected chi connectivity index (χ0v) is 10.1. The molecule has 0 aromatic rings. The van der Waals surface area contributed by atoms with Crippen LogP contribution in [0.4, 0.5) is 0 Å². The quantitative estimate of drug-likeness (QED) is 0.369. The fraction of sp³-hybridized carbons (Fsp3) is 0.818. The smallest absolute Gasteiger partial charge is 0.301 e. The van der Waals surface area contributed by atoms with Gasteiger partial charge in [0.25, 0.3) is 0 Å². The Bertz CT molecular complexity index is 228. The van der Waals surface area contributed by atoms with Crippen LogP contribution in [0, 0.1) is 5.92 Å². The van der Waals surface area contributed by atoms with Gasteiger partial charge >= 0.3 is 11.9 Å². The number of hydrogen-bond acceptors (Lipinski definition) is 6. The first-order valence-corrected chi connectivity index (χ1v) is 5.85. The molecule has 0 heterocycles. The fourth-order valence-electron chi connectivity index (χ4n) is 1.63. The van der Waals surface area contributed by atoms with Gasteiger partial charge < -0.3 is 9.78 Å². The van der Waals surface area contributed by atoms with Crippen LogP contribution < -0.4 is 0 Å². The highest BCUT2D eigenvalue weighted by molar-refractivity contribution is 5.72. The van der Waals surface area contributed by atoms with Crippen LogP contribution in [0.15, 0.2) is 0 Å². The van der Waals surface area contributed by atoms with Crippen LogP contribution in [-0.2, 0) is 19.4 Å². The Kier molecular flexibility index (Phi) is 9.37. The van der Waals surface area contributed by atoms with E-state index in [1.54, 1.807) is 0 Å². The van der Waals surface area contributed by atoms with E-state index in [-0.39, 0.29) is 6.42 Å². The number of hydrogen-bond donors (Lipinski definition) is 2. The van der Waals surface area contributed by atoms with Crippen molar-refractivity contribution < 1.29 is 29.9 Å². The third kappa shape index (κ3) is 7.70. The van der Waals surface area contributed by atoms with Crippen LogP contribution in [0.25, 0.3) is 0 Å². The van der Waals surface area contributed by atoms with Gasteiger partial charge in [0, 0.05) is 6.42 Å². The molecule has 0 saturated heterocycles. The van der Waals surface area contributed by atoms with Crippen LogP contribution in [0.5, 0.6) is 0 Å². The first-order chi connectivity index (χ1) is 8.15. The second-order valence-corrected chi connectivity index (χ2v) is 3.96. The van der Waals surface area contributed by atoms with Crippen molar-refractivity contribution >= 4 is 11.9 Å². The van der Waals surface area contributed by atoms with Crippen molar-refractivity contribution in [3.8, 4) is 0 Å². The summed E-state index contributed by atoms with van der Waals surface area (Å²) in [5, 5.41) is 16.4. The monoisotopic (exact) mass is 248 g/mol. The molecule has 0 aromatic heterocycles. The molecular weight excluding hydrogens is 228 g/mol. The first kappa shape index (κ1) is 15.9. The third-order valence-corrected chi connectivity index (χ3v) is 2.61. The van der Waals surface area contributed by atoms with Crippen LogP contribution in [0.3, 0.4) is 0 Å². The molecule has 6 nitrogen and oxygen atoms in total. The Labute approximate surface area is 100 Å². The summed E-state index contributed by atoms with van der Waals surface area (Å²) in [4.78, 5) is 29.1. The molecule has 0 aromatic carbocycles. The lowest BCUT2D eigenvalue weighted by Gasteiger charge is -2.12. The molecule has 6 heteroatoms. The van der Waals surface area contributed by atoms with Gasteiger partial charge in [0.05, 0.1) is 5.92 Å². The summed E-state index contributed by atoms with van der Waals surface area (Å²) in [5.41, 5.74) is 0. The predicted molar refractivity (Wildman–Crippen MR) is 58.9 cm³/mol. The van der Waals surface area contributed by atoms with Crippen molar-refractivity contribution in [2.24, 2.45) is 5.92 Å². The van der Waals surface area contributed by atoms with Gasteiger partial charge in [-0.05, 0) is 19.3 Å². The van der Waals surface area contributed by atoms with E-state index in [2.05, 4.69) is 16.7 Å². The molecular formula is C11H20O6. The Morgan fingerprint density at radius 3 is 2.24 bits per heavy atom. The molecule has 1 atom stereocenters. The molecule has 17 heavy (non-hydrogen) atoms.